The van der Waals surface area contributed by atoms with E-state index in [0.717, 1.165) is 10.0 Å². The van der Waals surface area contributed by atoms with E-state index in [1.807, 2.05) is 31.2 Å². The minimum atomic E-state index is -0.233. The number of nitrogens with one attached hydrogen (secondary N) is 1. The number of methoxy groups -OCH3 is 2. The van der Waals surface area contributed by atoms with Gasteiger partial charge in [-0.1, -0.05) is 39.7 Å². The Bertz CT molecular complexity index is 704. The average Bonchev–Trinajstić information content (AvgIpc) is 2.54. The zero-order valence-corrected chi connectivity index (χ0v) is 15.4. The van der Waals surface area contributed by atoms with Crippen LogP contribution in [0.1, 0.15) is 28.9 Å². The fourth-order valence-electron chi connectivity index (χ4n) is 2.16. The van der Waals surface area contributed by atoms with Gasteiger partial charge in [-0.3, -0.25) is 4.79 Å². The molecule has 0 bridgehead atoms. The van der Waals surface area contributed by atoms with Crippen molar-refractivity contribution in [3.63, 3.8) is 0 Å². The summed E-state index contributed by atoms with van der Waals surface area (Å²) < 4.78 is 11.4. The molecule has 0 saturated heterocycles. The van der Waals surface area contributed by atoms with Gasteiger partial charge in [0, 0.05) is 10.0 Å². The second-order valence-corrected chi connectivity index (χ2v) is 6.26. The summed E-state index contributed by atoms with van der Waals surface area (Å²) in [4.78, 5) is 12.4. The van der Waals surface area contributed by atoms with Gasteiger partial charge in [0.15, 0.2) is 11.5 Å². The van der Waals surface area contributed by atoms with Crippen LogP contribution in [0.25, 0.3) is 0 Å². The third-order valence-corrected chi connectivity index (χ3v) is 4.22. The molecule has 23 heavy (non-hydrogen) atoms. The molecule has 2 aromatic carbocycles. The topological polar surface area (TPSA) is 47.6 Å². The van der Waals surface area contributed by atoms with E-state index in [9.17, 15) is 4.79 Å². The molecule has 0 aliphatic carbocycles. The van der Waals surface area contributed by atoms with E-state index in [1.165, 1.54) is 14.2 Å². The Morgan fingerprint density at radius 2 is 1.83 bits per heavy atom. The standard InChI is InChI=1S/C17H17BrClNO3/c1-10(11-4-6-13(18)7-5-11)20-17(21)12-8-14(19)16(23-3)15(9-12)22-2/h4-10H,1-3H3,(H,20,21)/t10-/m1/s1. The summed E-state index contributed by atoms with van der Waals surface area (Å²) >= 11 is 9.53. The Morgan fingerprint density at radius 1 is 1.17 bits per heavy atom. The molecular formula is C17H17BrClNO3. The van der Waals surface area contributed by atoms with Crippen molar-refractivity contribution in [1.29, 1.82) is 0 Å². The molecule has 1 atom stereocenters. The van der Waals surface area contributed by atoms with Crippen molar-refractivity contribution in [2.24, 2.45) is 0 Å². The molecule has 6 heteroatoms. The van der Waals surface area contributed by atoms with Crippen LogP contribution in [0, 0.1) is 0 Å². The molecular weight excluding hydrogens is 382 g/mol. The summed E-state index contributed by atoms with van der Waals surface area (Å²) in [7, 11) is 3.00. The van der Waals surface area contributed by atoms with E-state index >= 15 is 0 Å². The molecule has 0 fully saturated rings. The second kappa shape index (κ2) is 7.70. The number of carbonyl (C=O) groups excluding carboxylic acids is 1. The van der Waals surface area contributed by atoms with Gasteiger partial charge in [-0.25, -0.2) is 0 Å². The number of rotatable bonds is 5. The van der Waals surface area contributed by atoms with Gasteiger partial charge in [0.25, 0.3) is 5.91 Å². The Hall–Kier alpha value is -1.72. The molecule has 0 aliphatic rings. The van der Waals surface area contributed by atoms with Crippen molar-refractivity contribution < 1.29 is 14.3 Å². The Kier molecular flexibility index (Phi) is 5.91. The summed E-state index contributed by atoms with van der Waals surface area (Å²) in [5.41, 5.74) is 1.42. The first-order valence-corrected chi connectivity index (χ1v) is 8.11. The van der Waals surface area contributed by atoms with Gasteiger partial charge < -0.3 is 14.8 Å². The van der Waals surface area contributed by atoms with Crippen LogP contribution in [0.5, 0.6) is 11.5 Å². The highest BCUT2D eigenvalue weighted by atomic mass is 79.9. The largest absolute Gasteiger partial charge is 0.493 e. The first-order chi connectivity index (χ1) is 11.0. The van der Waals surface area contributed by atoms with E-state index < -0.39 is 0 Å². The van der Waals surface area contributed by atoms with Crippen LogP contribution in [-0.2, 0) is 0 Å². The molecule has 1 amide bonds. The Morgan fingerprint density at radius 3 is 2.39 bits per heavy atom. The number of amides is 1. The van der Waals surface area contributed by atoms with E-state index in [1.54, 1.807) is 12.1 Å². The minimum Gasteiger partial charge on any atom is -0.493 e. The minimum absolute atomic E-state index is 0.137. The van der Waals surface area contributed by atoms with Gasteiger partial charge in [-0.2, -0.15) is 0 Å². The van der Waals surface area contributed by atoms with Gasteiger partial charge >= 0.3 is 0 Å². The lowest BCUT2D eigenvalue weighted by Crippen LogP contribution is -2.26. The lowest BCUT2D eigenvalue weighted by molar-refractivity contribution is 0.0939. The van der Waals surface area contributed by atoms with Gasteiger partial charge in [-0.15, -0.1) is 0 Å². The summed E-state index contributed by atoms with van der Waals surface area (Å²) in [5, 5.41) is 3.27. The molecule has 0 unspecified atom stereocenters. The molecule has 4 nitrogen and oxygen atoms in total. The number of benzene rings is 2. The van der Waals surface area contributed by atoms with Crippen molar-refractivity contribution in [2.75, 3.05) is 14.2 Å². The number of hydrogen-bond donors (Lipinski definition) is 1. The Labute approximate surface area is 148 Å². The second-order valence-electron chi connectivity index (χ2n) is 4.94. The van der Waals surface area contributed by atoms with Crippen LogP contribution in [0.3, 0.4) is 0 Å². The molecule has 2 rings (SSSR count). The molecule has 2 aromatic rings. The van der Waals surface area contributed by atoms with Crippen molar-refractivity contribution in [3.8, 4) is 11.5 Å². The summed E-state index contributed by atoms with van der Waals surface area (Å²) in [6, 6.07) is 10.8. The normalized spacial score (nSPS) is 11.7. The van der Waals surface area contributed by atoms with Gasteiger partial charge in [0.05, 0.1) is 25.3 Å². The average molecular weight is 399 g/mol. The summed E-state index contributed by atoms with van der Waals surface area (Å²) in [6.45, 7) is 1.92. The van der Waals surface area contributed by atoms with E-state index in [0.29, 0.717) is 22.1 Å². The van der Waals surface area contributed by atoms with Crippen LogP contribution in [-0.4, -0.2) is 20.1 Å². The van der Waals surface area contributed by atoms with Crippen molar-refractivity contribution in [3.05, 3.63) is 57.0 Å². The molecule has 0 heterocycles. The van der Waals surface area contributed by atoms with Gasteiger partial charge in [0.2, 0.25) is 0 Å². The monoisotopic (exact) mass is 397 g/mol. The smallest absolute Gasteiger partial charge is 0.251 e. The van der Waals surface area contributed by atoms with Crippen molar-refractivity contribution in [2.45, 2.75) is 13.0 Å². The van der Waals surface area contributed by atoms with Crippen LogP contribution >= 0.6 is 27.5 Å². The zero-order chi connectivity index (χ0) is 17.0. The summed E-state index contributed by atoms with van der Waals surface area (Å²) in [5.74, 6) is 0.594. The predicted molar refractivity (Wildman–Crippen MR) is 94.6 cm³/mol. The molecule has 0 radical (unpaired) electrons. The van der Waals surface area contributed by atoms with E-state index in [2.05, 4.69) is 21.2 Å². The molecule has 0 saturated carbocycles. The maximum atomic E-state index is 12.4. The van der Waals surface area contributed by atoms with Crippen LogP contribution in [0.4, 0.5) is 0 Å². The van der Waals surface area contributed by atoms with Crippen molar-refractivity contribution >= 4 is 33.4 Å². The van der Waals surface area contributed by atoms with Crippen molar-refractivity contribution in [1.82, 2.24) is 5.32 Å². The van der Waals surface area contributed by atoms with Crippen LogP contribution < -0.4 is 14.8 Å². The molecule has 1 N–H and O–H groups in total. The lowest BCUT2D eigenvalue weighted by atomic mass is 10.1. The molecule has 0 aromatic heterocycles. The lowest BCUT2D eigenvalue weighted by Gasteiger charge is -2.16. The SMILES string of the molecule is COc1cc(C(=O)N[C@H](C)c2ccc(Br)cc2)cc(Cl)c1OC. The van der Waals surface area contributed by atoms with E-state index in [-0.39, 0.29) is 11.9 Å². The third-order valence-electron chi connectivity index (χ3n) is 3.41. The van der Waals surface area contributed by atoms with Gasteiger partial charge in [-0.05, 0) is 36.8 Å². The number of hydrogen-bond acceptors (Lipinski definition) is 3. The van der Waals surface area contributed by atoms with Gasteiger partial charge in [0.1, 0.15) is 0 Å². The van der Waals surface area contributed by atoms with Crippen LogP contribution in [0.15, 0.2) is 40.9 Å². The fraction of sp³-hybridized carbons (Fsp3) is 0.235. The maximum absolute atomic E-state index is 12.4. The molecule has 122 valence electrons. The first kappa shape index (κ1) is 17.6. The third kappa shape index (κ3) is 4.18. The van der Waals surface area contributed by atoms with E-state index in [4.69, 9.17) is 21.1 Å². The highest BCUT2D eigenvalue weighted by molar-refractivity contribution is 9.10. The molecule has 0 spiro atoms. The fourth-order valence-corrected chi connectivity index (χ4v) is 2.72. The number of carbonyl (C=O) groups is 1. The predicted octanol–water partition coefficient (Wildman–Crippen LogP) is 4.61. The summed E-state index contributed by atoms with van der Waals surface area (Å²) in [6.07, 6.45) is 0. The number of ether oxygens (including phenoxy) is 2. The van der Waals surface area contributed by atoms with Crippen LogP contribution in [0.2, 0.25) is 5.02 Å². The highest BCUT2D eigenvalue weighted by Crippen LogP contribution is 2.36. The Balaban J connectivity index is 2.20. The highest BCUT2D eigenvalue weighted by Gasteiger charge is 2.17. The first-order valence-electron chi connectivity index (χ1n) is 6.94. The quantitative estimate of drug-likeness (QED) is 0.800. The molecule has 0 aliphatic heterocycles. The zero-order valence-electron chi connectivity index (χ0n) is 13.0. The number of halogens is 2. The maximum Gasteiger partial charge on any atom is 0.251 e.